The molecule has 2 aromatic rings. The van der Waals surface area contributed by atoms with Crippen molar-refractivity contribution < 1.29 is 9.47 Å². The van der Waals surface area contributed by atoms with Crippen LogP contribution in [0.2, 0.25) is 0 Å². The molecule has 6 heteroatoms. The van der Waals surface area contributed by atoms with Crippen molar-refractivity contribution in [2.45, 2.75) is 45.6 Å². The SMILES string of the molecule is CCC1CCCCN1c1cc(C)nc(Nc2ccc(OC)c(OC)c2)n1. The van der Waals surface area contributed by atoms with Gasteiger partial charge < -0.3 is 19.7 Å². The molecule has 1 atom stereocenters. The zero-order chi connectivity index (χ0) is 18.5. The molecule has 0 radical (unpaired) electrons. The Balaban J connectivity index is 1.86. The molecule has 0 spiro atoms. The molecule has 0 aliphatic carbocycles. The summed E-state index contributed by atoms with van der Waals surface area (Å²) in [6.45, 7) is 5.32. The summed E-state index contributed by atoms with van der Waals surface area (Å²) in [5.41, 5.74) is 1.82. The zero-order valence-corrected chi connectivity index (χ0v) is 16.1. The molecule has 1 aliphatic heterocycles. The van der Waals surface area contributed by atoms with E-state index in [2.05, 4.69) is 28.2 Å². The lowest BCUT2D eigenvalue weighted by Crippen LogP contribution is -2.39. The number of rotatable bonds is 6. The maximum absolute atomic E-state index is 5.37. The van der Waals surface area contributed by atoms with Gasteiger partial charge in [-0.3, -0.25) is 0 Å². The van der Waals surface area contributed by atoms with Gasteiger partial charge >= 0.3 is 0 Å². The highest BCUT2D eigenvalue weighted by molar-refractivity contribution is 5.61. The van der Waals surface area contributed by atoms with Crippen LogP contribution in [0.3, 0.4) is 0 Å². The highest BCUT2D eigenvalue weighted by Gasteiger charge is 2.22. The molecule has 1 aliphatic rings. The summed E-state index contributed by atoms with van der Waals surface area (Å²) in [5, 5.41) is 3.30. The molecular weight excluding hydrogens is 328 g/mol. The first-order valence-corrected chi connectivity index (χ1v) is 9.26. The normalized spacial score (nSPS) is 17.1. The molecule has 0 bridgehead atoms. The van der Waals surface area contributed by atoms with E-state index in [4.69, 9.17) is 14.5 Å². The van der Waals surface area contributed by atoms with Gasteiger partial charge in [0.25, 0.3) is 0 Å². The molecule has 3 rings (SSSR count). The van der Waals surface area contributed by atoms with Crippen LogP contribution in [0, 0.1) is 6.92 Å². The van der Waals surface area contributed by atoms with Crippen LogP contribution in [0.15, 0.2) is 24.3 Å². The van der Waals surface area contributed by atoms with Crippen LogP contribution in [-0.4, -0.2) is 36.8 Å². The minimum Gasteiger partial charge on any atom is -0.493 e. The molecule has 0 saturated carbocycles. The average molecular weight is 356 g/mol. The summed E-state index contributed by atoms with van der Waals surface area (Å²) >= 11 is 0. The smallest absolute Gasteiger partial charge is 0.229 e. The van der Waals surface area contributed by atoms with Gasteiger partial charge in [-0.15, -0.1) is 0 Å². The van der Waals surface area contributed by atoms with E-state index in [0.29, 0.717) is 23.5 Å². The summed E-state index contributed by atoms with van der Waals surface area (Å²) in [6, 6.07) is 8.33. The summed E-state index contributed by atoms with van der Waals surface area (Å²) in [5.74, 6) is 2.98. The molecule has 2 heterocycles. The number of aromatic nitrogens is 2. The van der Waals surface area contributed by atoms with E-state index in [9.17, 15) is 0 Å². The Morgan fingerprint density at radius 2 is 1.92 bits per heavy atom. The van der Waals surface area contributed by atoms with Gasteiger partial charge in [-0.05, 0) is 44.7 Å². The minimum absolute atomic E-state index is 0.562. The Kier molecular flexibility index (Phi) is 5.81. The second-order valence-corrected chi connectivity index (χ2v) is 6.64. The highest BCUT2D eigenvalue weighted by Crippen LogP contribution is 2.31. The summed E-state index contributed by atoms with van der Waals surface area (Å²) in [4.78, 5) is 11.8. The fraction of sp³-hybridized carbons (Fsp3) is 0.500. The van der Waals surface area contributed by atoms with Crippen molar-refractivity contribution >= 4 is 17.5 Å². The quantitative estimate of drug-likeness (QED) is 0.832. The van der Waals surface area contributed by atoms with E-state index in [1.54, 1.807) is 14.2 Å². The lowest BCUT2D eigenvalue weighted by Gasteiger charge is -2.36. The van der Waals surface area contributed by atoms with E-state index >= 15 is 0 Å². The first-order chi connectivity index (χ1) is 12.6. The van der Waals surface area contributed by atoms with Gasteiger partial charge in [0.15, 0.2) is 11.5 Å². The zero-order valence-electron chi connectivity index (χ0n) is 16.1. The van der Waals surface area contributed by atoms with E-state index in [0.717, 1.165) is 30.2 Å². The number of methoxy groups -OCH3 is 2. The van der Waals surface area contributed by atoms with Gasteiger partial charge in [0, 0.05) is 36.1 Å². The molecule has 1 fully saturated rings. The number of anilines is 3. The maximum atomic E-state index is 5.37. The molecule has 1 N–H and O–H groups in total. The number of benzene rings is 1. The summed E-state index contributed by atoms with van der Waals surface area (Å²) in [6.07, 6.45) is 4.90. The number of aryl methyl sites for hydroxylation is 1. The van der Waals surface area contributed by atoms with Crippen LogP contribution in [-0.2, 0) is 0 Å². The van der Waals surface area contributed by atoms with Gasteiger partial charge in [0.2, 0.25) is 5.95 Å². The predicted molar refractivity (Wildman–Crippen MR) is 105 cm³/mol. The molecule has 1 aromatic carbocycles. The topological polar surface area (TPSA) is 59.5 Å². The van der Waals surface area contributed by atoms with Gasteiger partial charge in [-0.1, -0.05) is 6.92 Å². The van der Waals surface area contributed by atoms with Gasteiger partial charge in [-0.2, -0.15) is 4.98 Å². The largest absolute Gasteiger partial charge is 0.493 e. The fourth-order valence-electron chi connectivity index (χ4n) is 3.52. The first kappa shape index (κ1) is 18.3. The molecule has 1 saturated heterocycles. The Bertz CT molecular complexity index is 751. The number of ether oxygens (including phenoxy) is 2. The molecule has 6 nitrogen and oxygen atoms in total. The Labute approximate surface area is 155 Å². The van der Waals surface area contributed by atoms with E-state index in [-0.39, 0.29) is 0 Å². The molecule has 140 valence electrons. The van der Waals surface area contributed by atoms with Crippen LogP contribution < -0.4 is 19.7 Å². The fourth-order valence-corrected chi connectivity index (χ4v) is 3.52. The van der Waals surface area contributed by atoms with Crippen LogP contribution >= 0.6 is 0 Å². The van der Waals surface area contributed by atoms with Crippen molar-refractivity contribution in [1.82, 2.24) is 9.97 Å². The number of hydrogen-bond acceptors (Lipinski definition) is 6. The van der Waals surface area contributed by atoms with Gasteiger partial charge in [-0.25, -0.2) is 4.98 Å². The van der Waals surface area contributed by atoms with Crippen molar-refractivity contribution in [2.75, 3.05) is 31.0 Å². The van der Waals surface area contributed by atoms with E-state index in [1.807, 2.05) is 25.1 Å². The van der Waals surface area contributed by atoms with Crippen molar-refractivity contribution in [3.63, 3.8) is 0 Å². The van der Waals surface area contributed by atoms with Gasteiger partial charge in [0.05, 0.1) is 14.2 Å². The van der Waals surface area contributed by atoms with Crippen molar-refractivity contribution in [3.05, 3.63) is 30.0 Å². The molecule has 0 amide bonds. The van der Waals surface area contributed by atoms with Crippen molar-refractivity contribution in [3.8, 4) is 11.5 Å². The van der Waals surface area contributed by atoms with Crippen molar-refractivity contribution in [2.24, 2.45) is 0 Å². The third-order valence-corrected chi connectivity index (χ3v) is 4.87. The maximum Gasteiger partial charge on any atom is 0.229 e. The van der Waals surface area contributed by atoms with Crippen LogP contribution in [0.4, 0.5) is 17.5 Å². The van der Waals surface area contributed by atoms with Crippen LogP contribution in [0.25, 0.3) is 0 Å². The first-order valence-electron chi connectivity index (χ1n) is 9.26. The number of piperidine rings is 1. The minimum atomic E-state index is 0.562. The number of nitrogens with zero attached hydrogens (tertiary/aromatic N) is 3. The van der Waals surface area contributed by atoms with E-state index in [1.165, 1.54) is 19.3 Å². The number of nitrogens with one attached hydrogen (secondary N) is 1. The monoisotopic (exact) mass is 356 g/mol. The van der Waals surface area contributed by atoms with Gasteiger partial charge in [0.1, 0.15) is 5.82 Å². The lowest BCUT2D eigenvalue weighted by atomic mass is 10.00. The van der Waals surface area contributed by atoms with Crippen molar-refractivity contribution in [1.29, 1.82) is 0 Å². The molecule has 26 heavy (non-hydrogen) atoms. The van der Waals surface area contributed by atoms with Crippen LogP contribution in [0.1, 0.15) is 38.3 Å². The third-order valence-electron chi connectivity index (χ3n) is 4.87. The molecule has 1 unspecified atom stereocenters. The molecular formula is C20H28N4O2. The standard InChI is InChI=1S/C20H28N4O2/c1-5-16-8-6-7-11-24(16)19-12-14(2)21-20(23-19)22-15-9-10-17(25-3)18(13-15)26-4/h9-10,12-13,16H,5-8,11H2,1-4H3,(H,21,22,23). The van der Waals surface area contributed by atoms with E-state index < -0.39 is 0 Å². The molecule has 1 aromatic heterocycles. The second kappa shape index (κ2) is 8.25. The number of hydrogen-bond donors (Lipinski definition) is 1. The Hall–Kier alpha value is -2.50. The summed E-state index contributed by atoms with van der Waals surface area (Å²) in [7, 11) is 3.26. The van der Waals surface area contributed by atoms with Crippen LogP contribution in [0.5, 0.6) is 11.5 Å². The Morgan fingerprint density at radius 3 is 2.65 bits per heavy atom. The highest BCUT2D eigenvalue weighted by atomic mass is 16.5. The Morgan fingerprint density at radius 1 is 1.12 bits per heavy atom. The summed E-state index contributed by atoms with van der Waals surface area (Å²) < 4.78 is 10.7. The lowest BCUT2D eigenvalue weighted by molar-refractivity contribution is 0.355. The predicted octanol–water partition coefficient (Wildman–Crippen LogP) is 4.31. The second-order valence-electron chi connectivity index (χ2n) is 6.64. The average Bonchev–Trinajstić information content (AvgIpc) is 2.67. The third kappa shape index (κ3) is 4.00.